The third-order valence-electron chi connectivity index (χ3n) is 3.62. The third kappa shape index (κ3) is 3.86. The summed E-state index contributed by atoms with van der Waals surface area (Å²) in [5.74, 6) is -3.59. The normalized spacial score (nSPS) is 14.4. The molecular formula is C14H12F3NO8S. The van der Waals surface area contributed by atoms with Gasteiger partial charge in [-0.1, -0.05) is 0 Å². The second-order valence-electron chi connectivity index (χ2n) is 5.37. The second kappa shape index (κ2) is 7.13. The summed E-state index contributed by atoms with van der Waals surface area (Å²) in [6, 6.07) is 0.888. The van der Waals surface area contributed by atoms with Crippen LogP contribution in [0.25, 0.3) is 0 Å². The van der Waals surface area contributed by atoms with Crippen molar-refractivity contribution in [2.24, 2.45) is 0 Å². The fourth-order valence-electron chi connectivity index (χ4n) is 2.55. The number of nitrogens with zero attached hydrogens (tertiary/aromatic N) is 1. The number of nitro groups is 1. The monoisotopic (exact) mass is 411 g/mol. The standard InChI is InChI=1S/C14H12F3NO8S/c1-2-25-13(20)8-6-7-4-3-5-9(19)10(7)11(18(21)22)12(8)26-27(23,24)14(15,16)17/h6H,2-5H2,1H3. The van der Waals surface area contributed by atoms with Crippen LogP contribution in [-0.2, 0) is 21.3 Å². The number of carbonyl (C=O) groups excluding carboxylic acids is 2. The molecule has 13 heteroatoms. The molecule has 0 fully saturated rings. The van der Waals surface area contributed by atoms with E-state index in [1.165, 1.54) is 6.92 Å². The quantitative estimate of drug-likeness (QED) is 0.238. The molecule has 9 nitrogen and oxygen atoms in total. The zero-order valence-electron chi connectivity index (χ0n) is 13.7. The number of benzene rings is 1. The van der Waals surface area contributed by atoms with Gasteiger partial charge in [-0.2, -0.15) is 21.6 Å². The minimum atomic E-state index is -6.35. The van der Waals surface area contributed by atoms with Crippen molar-refractivity contribution < 1.29 is 45.0 Å². The molecule has 1 aliphatic rings. The molecule has 1 aromatic rings. The SMILES string of the molecule is CCOC(=O)c1cc2c(c([N+](=O)[O-])c1OS(=O)(=O)C(F)(F)F)C(=O)CCC2. The zero-order chi connectivity index (χ0) is 20.6. The fourth-order valence-corrected chi connectivity index (χ4v) is 3.04. The number of hydrogen-bond donors (Lipinski definition) is 0. The number of aryl methyl sites for hydroxylation is 1. The lowest BCUT2D eigenvalue weighted by Gasteiger charge is -2.19. The highest BCUT2D eigenvalue weighted by atomic mass is 32.2. The van der Waals surface area contributed by atoms with Gasteiger partial charge in [0, 0.05) is 6.42 Å². The lowest BCUT2D eigenvalue weighted by molar-refractivity contribution is -0.385. The van der Waals surface area contributed by atoms with Gasteiger partial charge in [-0.3, -0.25) is 14.9 Å². The maximum absolute atomic E-state index is 12.7. The minimum Gasteiger partial charge on any atom is -0.462 e. The van der Waals surface area contributed by atoms with Crippen LogP contribution in [0.5, 0.6) is 5.75 Å². The molecule has 2 rings (SSSR count). The van der Waals surface area contributed by atoms with Crippen LogP contribution in [0.15, 0.2) is 6.07 Å². The van der Waals surface area contributed by atoms with Crippen molar-refractivity contribution in [2.75, 3.05) is 6.61 Å². The Morgan fingerprint density at radius 3 is 2.48 bits per heavy atom. The number of rotatable bonds is 5. The average Bonchev–Trinajstić information content (AvgIpc) is 2.53. The maximum Gasteiger partial charge on any atom is 0.534 e. The van der Waals surface area contributed by atoms with Crippen molar-refractivity contribution in [1.29, 1.82) is 0 Å². The molecule has 0 saturated carbocycles. The van der Waals surface area contributed by atoms with Crippen LogP contribution in [0.4, 0.5) is 18.9 Å². The summed E-state index contributed by atoms with van der Waals surface area (Å²) in [6.45, 7) is 1.12. The van der Waals surface area contributed by atoms with Crippen LogP contribution < -0.4 is 4.18 Å². The number of nitro benzene ring substituents is 1. The van der Waals surface area contributed by atoms with E-state index in [9.17, 15) is 41.3 Å². The van der Waals surface area contributed by atoms with Crippen LogP contribution in [0.1, 0.15) is 46.0 Å². The van der Waals surface area contributed by atoms with Crippen LogP contribution in [0, 0.1) is 10.1 Å². The van der Waals surface area contributed by atoms with Gasteiger partial charge in [0.25, 0.3) is 0 Å². The second-order valence-corrected chi connectivity index (χ2v) is 6.91. The first kappa shape index (κ1) is 20.6. The van der Waals surface area contributed by atoms with Gasteiger partial charge in [-0.25, -0.2) is 4.79 Å². The highest BCUT2D eigenvalue weighted by Gasteiger charge is 2.50. The number of carbonyl (C=O) groups is 2. The van der Waals surface area contributed by atoms with Crippen LogP contribution >= 0.6 is 0 Å². The van der Waals surface area contributed by atoms with Crippen molar-refractivity contribution in [3.05, 3.63) is 32.9 Å². The number of ether oxygens (including phenoxy) is 1. The summed E-state index contributed by atoms with van der Waals surface area (Å²) in [5.41, 5.74) is -8.66. The number of alkyl halides is 3. The fraction of sp³-hybridized carbons (Fsp3) is 0.429. The number of fused-ring (bicyclic) bond motifs is 1. The lowest BCUT2D eigenvalue weighted by atomic mass is 9.87. The molecule has 0 radical (unpaired) electrons. The average molecular weight is 411 g/mol. The van der Waals surface area contributed by atoms with Crippen molar-refractivity contribution in [1.82, 2.24) is 0 Å². The summed E-state index contributed by atoms with van der Waals surface area (Å²) in [7, 11) is -6.35. The molecule has 0 unspecified atom stereocenters. The molecule has 1 aromatic carbocycles. The Kier molecular flexibility index (Phi) is 5.45. The summed E-state index contributed by atoms with van der Waals surface area (Å²) >= 11 is 0. The van der Waals surface area contributed by atoms with E-state index >= 15 is 0 Å². The topological polar surface area (TPSA) is 130 Å². The molecule has 0 atom stereocenters. The van der Waals surface area contributed by atoms with Crippen molar-refractivity contribution in [2.45, 2.75) is 31.7 Å². The van der Waals surface area contributed by atoms with Gasteiger partial charge >= 0.3 is 27.3 Å². The molecule has 1 aliphatic carbocycles. The van der Waals surface area contributed by atoms with Gasteiger partial charge in [0.2, 0.25) is 5.75 Å². The van der Waals surface area contributed by atoms with Crippen molar-refractivity contribution >= 4 is 27.6 Å². The van der Waals surface area contributed by atoms with E-state index in [1.54, 1.807) is 0 Å². The van der Waals surface area contributed by atoms with E-state index < -0.39 is 54.9 Å². The summed E-state index contributed by atoms with van der Waals surface area (Å²) in [5, 5.41) is 11.5. The maximum atomic E-state index is 12.7. The number of ketones is 1. The van der Waals surface area contributed by atoms with Crippen LogP contribution in [0.2, 0.25) is 0 Å². The first-order valence-corrected chi connectivity index (χ1v) is 8.86. The van der Waals surface area contributed by atoms with Gasteiger partial charge in [-0.05, 0) is 31.4 Å². The summed E-state index contributed by atoms with van der Waals surface area (Å²) in [4.78, 5) is 34.3. The highest BCUT2D eigenvalue weighted by Crippen LogP contribution is 2.42. The summed E-state index contributed by atoms with van der Waals surface area (Å²) < 4.78 is 69.3. The molecule has 0 aromatic heterocycles. The van der Waals surface area contributed by atoms with E-state index in [1.807, 2.05) is 0 Å². The van der Waals surface area contributed by atoms with E-state index in [-0.39, 0.29) is 25.0 Å². The molecule has 0 N–H and O–H groups in total. The molecule has 0 bridgehead atoms. The first-order chi connectivity index (χ1) is 12.4. The number of esters is 1. The van der Waals surface area contributed by atoms with E-state index in [4.69, 9.17) is 0 Å². The number of halogens is 3. The molecule has 0 amide bonds. The third-order valence-corrected chi connectivity index (χ3v) is 4.57. The van der Waals surface area contributed by atoms with E-state index in [0.29, 0.717) is 6.42 Å². The Bertz CT molecular complexity index is 923. The molecule has 148 valence electrons. The lowest BCUT2D eigenvalue weighted by Crippen LogP contribution is -2.29. The molecule has 0 aliphatic heterocycles. The largest absolute Gasteiger partial charge is 0.534 e. The first-order valence-electron chi connectivity index (χ1n) is 7.46. The molecule has 27 heavy (non-hydrogen) atoms. The Labute approximate surface area is 150 Å². The molecule has 0 saturated heterocycles. The Balaban J connectivity index is 2.85. The number of hydrogen-bond acceptors (Lipinski definition) is 8. The zero-order valence-corrected chi connectivity index (χ0v) is 14.5. The minimum absolute atomic E-state index is 0.0257. The van der Waals surface area contributed by atoms with Crippen LogP contribution in [0.3, 0.4) is 0 Å². The molecular weight excluding hydrogens is 399 g/mol. The van der Waals surface area contributed by atoms with Crippen LogP contribution in [-0.4, -0.2) is 37.2 Å². The van der Waals surface area contributed by atoms with Gasteiger partial charge in [0.1, 0.15) is 11.1 Å². The Morgan fingerprint density at radius 2 is 1.96 bits per heavy atom. The van der Waals surface area contributed by atoms with E-state index in [0.717, 1.165) is 6.07 Å². The summed E-state index contributed by atoms with van der Waals surface area (Å²) in [6.07, 6.45) is 0.297. The predicted octanol–water partition coefficient (Wildman–Crippen LogP) is 2.52. The van der Waals surface area contributed by atoms with E-state index in [2.05, 4.69) is 8.92 Å². The molecule has 0 heterocycles. The number of Topliss-reactive ketones (excluding diaryl/α,β-unsaturated/α-hetero) is 1. The van der Waals surface area contributed by atoms with Gasteiger partial charge in [-0.15, -0.1) is 0 Å². The Morgan fingerprint density at radius 1 is 1.33 bits per heavy atom. The van der Waals surface area contributed by atoms with Crippen molar-refractivity contribution in [3.63, 3.8) is 0 Å². The molecule has 0 spiro atoms. The van der Waals surface area contributed by atoms with Gasteiger partial charge in [0.05, 0.1) is 11.5 Å². The Hall–Kier alpha value is -2.70. The van der Waals surface area contributed by atoms with Gasteiger partial charge < -0.3 is 8.92 Å². The van der Waals surface area contributed by atoms with Crippen molar-refractivity contribution in [3.8, 4) is 5.75 Å². The van der Waals surface area contributed by atoms with Gasteiger partial charge in [0.15, 0.2) is 5.78 Å². The highest BCUT2D eigenvalue weighted by molar-refractivity contribution is 7.88. The smallest absolute Gasteiger partial charge is 0.462 e. The predicted molar refractivity (Wildman–Crippen MR) is 81.9 cm³/mol.